The number of ether oxygens (including phenoxy) is 1. The Morgan fingerprint density at radius 3 is 2.36 bits per heavy atom. The highest BCUT2D eigenvalue weighted by Gasteiger charge is 2.44. The fourth-order valence-corrected chi connectivity index (χ4v) is 5.50. The normalized spacial score (nSPS) is 24.4. The molecule has 1 aromatic heterocycles. The van der Waals surface area contributed by atoms with E-state index in [-0.39, 0.29) is 41.1 Å². The number of nitrogens with zero attached hydrogens (tertiary/aromatic N) is 3. The molecule has 2 unspecified atom stereocenters. The second kappa shape index (κ2) is 9.18. The second-order valence-electron chi connectivity index (χ2n) is 9.90. The zero-order valence-electron chi connectivity index (χ0n) is 19.6. The third-order valence-corrected chi connectivity index (χ3v) is 7.37. The number of hydrogen-bond acceptors (Lipinski definition) is 6. The minimum atomic E-state index is -4.52. The molecule has 4 N–H and O–H groups in total. The van der Waals surface area contributed by atoms with Crippen LogP contribution in [-0.4, -0.2) is 65.6 Å². The summed E-state index contributed by atoms with van der Waals surface area (Å²) in [5.74, 6) is -0.371. The first-order chi connectivity index (χ1) is 17.1. The van der Waals surface area contributed by atoms with Crippen molar-refractivity contribution in [1.29, 1.82) is 0 Å². The molecular weight excluding hydrogens is 475 g/mol. The van der Waals surface area contributed by atoms with Crippen LogP contribution in [0.15, 0.2) is 41.7 Å². The van der Waals surface area contributed by atoms with E-state index in [0.29, 0.717) is 67.6 Å². The van der Waals surface area contributed by atoms with Gasteiger partial charge in [-0.05, 0) is 30.4 Å². The van der Waals surface area contributed by atoms with Crippen LogP contribution < -0.4 is 16.2 Å². The van der Waals surface area contributed by atoms with Crippen LogP contribution in [0.3, 0.4) is 0 Å². The molecule has 0 bridgehead atoms. The topological polar surface area (TPSA) is 115 Å². The van der Waals surface area contributed by atoms with Crippen molar-refractivity contribution in [3.05, 3.63) is 47.4 Å². The quantitative estimate of drug-likeness (QED) is 0.663. The molecule has 8 nitrogen and oxygen atoms in total. The average molecular weight is 504 g/mol. The van der Waals surface area contributed by atoms with Crippen LogP contribution in [0.2, 0.25) is 0 Å². The third-order valence-electron chi connectivity index (χ3n) is 7.37. The Balaban J connectivity index is 1.26. The lowest BCUT2D eigenvalue weighted by molar-refractivity contribution is -0.153. The molecule has 2 saturated heterocycles. The van der Waals surface area contributed by atoms with Crippen molar-refractivity contribution < 1.29 is 27.5 Å². The van der Waals surface area contributed by atoms with Crippen LogP contribution in [-0.2, 0) is 4.79 Å². The standard InChI is InChI=1S/C25H28F3N5O3/c26-25(27,28)13-36-22-18-4-2-1-3-14(18)8-21(31-22)24(35)33-11-16-9-32(10-17(16)12-33)23(34)15-5-6-19(29)20(30)7-15/h1-4,8,15-17H,5-7,9-13,29-30H2/t15-,16?,17?/m1/s1. The number of allylic oxidation sites excluding steroid dienone is 2. The summed E-state index contributed by atoms with van der Waals surface area (Å²) in [5, 5.41) is 0.983. The van der Waals surface area contributed by atoms with Crippen molar-refractivity contribution in [2.45, 2.75) is 25.4 Å². The Labute approximate surface area is 206 Å². The lowest BCUT2D eigenvalue weighted by atomic mass is 9.89. The van der Waals surface area contributed by atoms with E-state index < -0.39 is 12.8 Å². The van der Waals surface area contributed by atoms with E-state index in [4.69, 9.17) is 16.2 Å². The number of rotatable bonds is 4. The molecule has 11 heteroatoms. The van der Waals surface area contributed by atoms with Gasteiger partial charge < -0.3 is 26.0 Å². The number of pyridine rings is 1. The Morgan fingerprint density at radius 2 is 1.69 bits per heavy atom. The summed E-state index contributed by atoms with van der Waals surface area (Å²) in [7, 11) is 0. The molecule has 0 saturated carbocycles. The van der Waals surface area contributed by atoms with Crippen LogP contribution in [0, 0.1) is 17.8 Å². The van der Waals surface area contributed by atoms with Gasteiger partial charge in [0.2, 0.25) is 11.8 Å². The maximum absolute atomic E-state index is 13.3. The van der Waals surface area contributed by atoms with Gasteiger partial charge in [-0.25, -0.2) is 4.98 Å². The molecule has 0 spiro atoms. The zero-order chi connectivity index (χ0) is 25.6. The summed E-state index contributed by atoms with van der Waals surface area (Å²) in [4.78, 5) is 34.0. The number of alkyl halides is 3. The number of nitrogens with two attached hydrogens (primary N) is 2. The van der Waals surface area contributed by atoms with E-state index in [1.165, 1.54) is 0 Å². The number of amides is 2. The molecule has 36 heavy (non-hydrogen) atoms. The van der Waals surface area contributed by atoms with Crippen LogP contribution in [0.1, 0.15) is 29.8 Å². The summed E-state index contributed by atoms with van der Waals surface area (Å²) in [5.41, 5.74) is 13.1. The summed E-state index contributed by atoms with van der Waals surface area (Å²) < 4.78 is 43.2. The molecule has 5 rings (SSSR count). The van der Waals surface area contributed by atoms with Crippen LogP contribution in [0.4, 0.5) is 13.2 Å². The highest BCUT2D eigenvalue weighted by molar-refractivity contribution is 5.98. The minimum absolute atomic E-state index is 0.0424. The Kier molecular flexibility index (Phi) is 6.17. The van der Waals surface area contributed by atoms with Gasteiger partial charge in [0.05, 0.1) is 0 Å². The van der Waals surface area contributed by atoms with Crippen LogP contribution >= 0.6 is 0 Å². The van der Waals surface area contributed by atoms with Gasteiger partial charge >= 0.3 is 6.18 Å². The maximum atomic E-state index is 13.3. The number of aromatic nitrogens is 1. The van der Waals surface area contributed by atoms with Gasteiger partial charge in [-0.2, -0.15) is 13.2 Å². The van der Waals surface area contributed by atoms with Crippen molar-refractivity contribution in [2.24, 2.45) is 29.2 Å². The average Bonchev–Trinajstić information content (AvgIpc) is 3.42. The number of benzene rings is 1. The van der Waals surface area contributed by atoms with Gasteiger partial charge in [0, 0.05) is 67.1 Å². The summed E-state index contributed by atoms with van der Waals surface area (Å²) >= 11 is 0. The lowest BCUT2D eigenvalue weighted by Gasteiger charge is -2.28. The molecule has 2 aliphatic heterocycles. The predicted molar refractivity (Wildman–Crippen MR) is 125 cm³/mol. The van der Waals surface area contributed by atoms with Crippen LogP contribution in [0.5, 0.6) is 5.88 Å². The molecule has 2 fully saturated rings. The van der Waals surface area contributed by atoms with Crippen molar-refractivity contribution >= 4 is 22.6 Å². The summed E-state index contributed by atoms with van der Waals surface area (Å²) in [6, 6.07) is 8.30. The molecule has 3 atom stereocenters. The van der Waals surface area contributed by atoms with E-state index in [1.807, 2.05) is 4.90 Å². The molecule has 3 aliphatic rings. The first kappa shape index (κ1) is 24.2. The molecule has 3 heterocycles. The summed E-state index contributed by atoms with van der Waals surface area (Å²) in [6.07, 6.45) is -2.73. The maximum Gasteiger partial charge on any atom is 0.422 e. The van der Waals surface area contributed by atoms with Gasteiger partial charge in [-0.1, -0.05) is 18.2 Å². The molecule has 2 amide bonds. The predicted octanol–water partition coefficient (Wildman–Crippen LogP) is 2.64. The number of hydrogen-bond donors (Lipinski definition) is 2. The van der Waals surface area contributed by atoms with E-state index in [1.54, 1.807) is 35.2 Å². The number of halogens is 3. The monoisotopic (exact) mass is 503 g/mol. The van der Waals surface area contributed by atoms with E-state index in [9.17, 15) is 22.8 Å². The Bertz CT molecular complexity index is 1220. The highest BCUT2D eigenvalue weighted by Crippen LogP contribution is 2.35. The van der Waals surface area contributed by atoms with E-state index in [2.05, 4.69) is 4.98 Å². The highest BCUT2D eigenvalue weighted by atomic mass is 19.4. The van der Waals surface area contributed by atoms with Crippen molar-refractivity contribution in [3.8, 4) is 5.88 Å². The number of carbonyl (C=O) groups excluding carboxylic acids is 2. The summed E-state index contributed by atoms with van der Waals surface area (Å²) in [6.45, 7) is 0.552. The molecular formula is C25H28F3N5O3. The molecule has 0 radical (unpaired) electrons. The lowest BCUT2D eigenvalue weighted by Crippen LogP contribution is -2.40. The van der Waals surface area contributed by atoms with Crippen molar-refractivity contribution in [2.75, 3.05) is 32.8 Å². The minimum Gasteiger partial charge on any atom is -0.468 e. The van der Waals surface area contributed by atoms with Gasteiger partial charge in [-0.15, -0.1) is 0 Å². The molecule has 1 aliphatic carbocycles. The third kappa shape index (κ3) is 4.78. The number of likely N-dealkylation sites (tertiary alicyclic amines) is 2. The molecule has 2 aromatic rings. The first-order valence-electron chi connectivity index (χ1n) is 12.0. The SMILES string of the molecule is NC1=C(N)C[C@H](C(=O)N2CC3CN(C(=O)c4cc5ccccc5c(OCC(F)(F)F)n4)CC3C2)CC1. The van der Waals surface area contributed by atoms with E-state index >= 15 is 0 Å². The van der Waals surface area contributed by atoms with Gasteiger partial charge in [-0.3, -0.25) is 9.59 Å². The molecule has 1 aromatic carbocycles. The molecule has 192 valence electrons. The van der Waals surface area contributed by atoms with Gasteiger partial charge in [0.25, 0.3) is 5.91 Å². The largest absolute Gasteiger partial charge is 0.468 e. The van der Waals surface area contributed by atoms with E-state index in [0.717, 1.165) is 0 Å². The first-order valence-corrected chi connectivity index (χ1v) is 12.0. The van der Waals surface area contributed by atoms with Gasteiger partial charge in [0.15, 0.2) is 6.61 Å². The smallest absolute Gasteiger partial charge is 0.422 e. The Hall–Kier alpha value is -3.50. The number of carbonyl (C=O) groups is 2. The van der Waals surface area contributed by atoms with Crippen molar-refractivity contribution in [3.63, 3.8) is 0 Å². The second-order valence-corrected chi connectivity index (χ2v) is 9.90. The zero-order valence-corrected chi connectivity index (χ0v) is 19.6. The Morgan fingerprint density at radius 1 is 1.03 bits per heavy atom. The fraction of sp³-hybridized carbons (Fsp3) is 0.480. The number of fused-ring (bicyclic) bond motifs is 2. The van der Waals surface area contributed by atoms with Crippen molar-refractivity contribution in [1.82, 2.24) is 14.8 Å². The fourth-order valence-electron chi connectivity index (χ4n) is 5.50. The van der Waals surface area contributed by atoms with Crippen LogP contribution in [0.25, 0.3) is 10.8 Å². The van der Waals surface area contributed by atoms with Gasteiger partial charge in [0.1, 0.15) is 5.69 Å².